The lowest BCUT2D eigenvalue weighted by Crippen LogP contribution is -2.29. The summed E-state index contributed by atoms with van der Waals surface area (Å²) in [7, 11) is 1.95. The van der Waals surface area contributed by atoms with Crippen molar-refractivity contribution in [2.45, 2.75) is 20.4 Å². The second kappa shape index (κ2) is 8.03. The van der Waals surface area contributed by atoms with Crippen LogP contribution in [0.2, 0.25) is 0 Å². The van der Waals surface area contributed by atoms with Gasteiger partial charge in [0.2, 0.25) is 0 Å². The van der Waals surface area contributed by atoms with Gasteiger partial charge in [0.15, 0.2) is 0 Å². The molecule has 0 aliphatic rings. The minimum absolute atomic E-state index is 0.750. The van der Waals surface area contributed by atoms with Gasteiger partial charge in [0.05, 0.1) is 6.61 Å². The Kier molecular flexibility index (Phi) is 6.58. The van der Waals surface area contributed by atoms with Crippen molar-refractivity contribution in [1.29, 1.82) is 0 Å². The smallest absolute Gasteiger partial charge is 0.133 e. The lowest BCUT2D eigenvalue weighted by molar-refractivity contribution is 0.154. The number of rotatable bonds is 8. The largest absolute Gasteiger partial charge is 0.380 e. The number of ether oxygens (including phenoxy) is 1. The van der Waals surface area contributed by atoms with Gasteiger partial charge in [-0.1, -0.05) is 6.07 Å². The Morgan fingerprint density at radius 2 is 2.24 bits per heavy atom. The van der Waals surface area contributed by atoms with Crippen molar-refractivity contribution >= 4 is 5.82 Å². The van der Waals surface area contributed by atoms with E-state index < -0.39 is 0 Å². The van der Waals surface area contributed by atoms with E-state index >= 15 is 0 Å². The van der Waals surface area contributed by atoms with E-state index in [2.05, 4.69) is 28.2 Å². The topological polar surface area (TPSA) is 37.4 Å². The van der Waals surface area contributed by atoms with E-state index in [0.29, 0.717) is 0 Å². The van der Waals surface area contributed by atoms with Crippen LogP contribution < -0.4 is 10.2 Å². The summed E-state index contributed by atoms with van der Waals surface area (Å²) in [6.07, 6.45) is 1.85. The molecule has 1 heterocycles. The molecule has 1 aromatic rings. The van der Waals surface area contributed by atoms with E-state index in [0.717, 1.165) is 38.7 Å². The SMILES string of the molecule is CCOCCN(CC)c1ncccc1CNC. The Balaban J connectivity index is 2.72. The lowest BCUT2D eigenvalue weighted by atomic mass is 10.2. The first-order valence-corrected chi connectivity index (χ1v) is 6.24. The first-order chi connectivity index (χ1) is 8.33. The van der Waals surface area contributed by atoms with Crippen LogP contribution in [0.4, 0.5) is 5.82 Å². The summed E-state index contributed by atoms with van der Waals surface area (Å²) in [4.78, 5) is 6.73. The molecule has 4 heteroatoms. The maximum atomic E-state index is 5.40. The van der Waals surface area contributed by atoms with Crippen LogP contribution in [0.3, 0.4) is 0 Å². The standard InChI is InChI=1S/C13H23N3O/c1-4-16(9-10-17-5-2)13-12(11-14-3)7-6-8-15-13/h6-8,14H,4-5,9-11H2,1-3H3. The highest BCUT2D eigenvalue weighted by molar-refractivity contribution is 5.46. The minimum atomic E-state index is 0.750. The molecule has 0 fully saturated rings. The fraction of sp³-hybridized carbons (Fsp3) is 0.615. The first-order valence-electron chi connectivity index (χ1n) is 6.24. The molecule has 0 saturated heterocycles. The fourth-order valence-corrected chi connectivity index (χ4v) is 1.78. The molecule has 0 amide bonds. The Morgan fingerprint density at radius 3 is 2.88 bits per heavy atom. The number of nitrogens with zero attached hydrogens (tertiary/aromatic N) is 2. The highest BCUT2D eigenvalue weighted by atomic mass is 16.5. The Hall–Kier alpha value is -1.13. The third kappa shape index (κ3) is 4.32. The second-order valence-corrected chi connectivity index (χ2v) is 3.79. The van der Waals surface area contributed by atoms with E-state index in [-0.39, 0.29) is 0 Å². The molecule has 0 spiro atoms. The van der Waals surface area contributed by atoms with Crippen LogP contribution in [-0.2, 0) is 11.3 Å². The van der Waals surface area contributed by atoms with Gasteiger partial charge in [0.25, 0.3) is 0 Å². The van der Waals surface area contributed by atoms with Gasteiger partial charge in [-0.15, -0.1) is 0 Å². The normalized spacial score (nSPS) is 10.5. The van der Waals surface area contributed by atoms with Crippen LogP contribution in [0, 0.1) is 0 Å². The van der Waals surface area contributed by atoms with E-state index in [1.54, 1.807) is 0 Å². The van der Waals surface area contributed by atoms with Crippen molar-refractivity contribution in [3.05, 3.63) is 23.9 Å². The van der Waals surface area contributed by atoms with Gasteiger partial charge in [-0.3, -0.25) is 0 Å². The molecule has 0 aliphatic carbocycles. The zero-order valence-corrected chi connectivity index (χ0v) is 11.1. The maximum absolute atomic E-state index is 5.40. The number of hydrogen-bond donors (Lipinski definition) is 1. The number of anilines is 1. The van der Waals surface area contributed by atoms with Crippen LogP contribution in [0.15, 0.2) is 18.3 Å². The van der Waals surface area contributed by atoms with Gasteiger partial charge in [-0.25, -0.2) is 4.98 Å². The molecule has 1 N–H and O–H groups in total. The average molecular weight is 237 g/mol. The van der Waals surface area contributed by atoms with Crippen LogP contribution in [0.25, 0.3) is 0 Å². The number of aromatic nitrogens is 1. The quantitative estimate of drug-likeness (QED) is 0.698. The van der Waals surface area contributed by atoms with Crippen molar-refractivity contribution < 1.29 is 4.74 Å². The molecule has 0 aliphatic heterocycles. The highest BCUT2D eigenvalue weighted by Gasteiger charge is 2.09. The summed E-state index contributed by atoms with van der Waals surface area (Å²) in [6, 6.07) is 4.09. The Bertz CT molecular complexity index is 317. The van der Waals surface area contributed by atoms with E-state index in [1.807, 2.05) is 26.2 Å². The van der Waals surface area contributed by atoms with Crippen LogP contribution in [0.5, 0.6) is 0 Å². The van der Waals surface area contributed by atoms with Crippen molar-refractivity contribution in [2.75, 3.05) is 38.3 Å². The summed E-state index contributed by atoms with van der Waals surface area (Å²) >= 11 is 0. The summed E-state index contributed by atoms with van der Waals surface area (Å²) in [6.45, 7) is 8.35. The van der Waals surface area contributed by atoms with Crippen LogP contribution in [-0.4, -0.2) is 38.3 Å². The predicted molar refractivity (Wildman–Crippen MR) is 71.4 cm³/mol. The van der Waals surface area contributed by atoms with Crippen molar-refractivity contribution in [2.24, 2.45) is 0 Å². The number of nitrogens with one attached hydrogen (secondary N) is 1. The number of pyridine rings is 1. The van der Waals surface area contributed by atoms with Crippen molar-refractivity contribution in [3.63, 3.8) is 0 Å². The average Bonchev–Trinajstić information content (AvgIpc) is 2.36. The molecule has 0 aromatic carbocycles. The maximum Gasteiger partial charge on any atom is 0.133 e. The summed E-state index contributed by atoms with van der Waals surface area (Å²) in [5.74, 6) is 1.06. The number of hydrogen-bond acceptors (Lipinski definition) is 4. The van der Waals surface area contributed by atoms with Gasteiger partial charge in [-0.05, 0) is 27.0 Å². The van der Waals surface area contributed by atoms with E-state index in [9.17, 15) is 0 Å². The molecular weight excluding hydrogens is 214 g/mol. The molecule has 4 nitrogen and oxygen atoms in total. The zero-order chi connectivity index (χ0) is 12.5. The molecule has 0 unspecified atom stereocenters. The zero-order valence-electron chi connectivity index (χ0n) is 11.1. The molecule has 1 aromatic heterocycles. The van der Waals surface area contributed by atoms with Gasteiger partial charge >= 0.3 is 0 Å². The van der Waals surface area contributed by atoms with Crippen LogP contribution >= 0.6 is 0 Å². The predicted octanol–water partition coefficient (Wildman–Crippen LogP) is 1.66. The molecule has 0 atom stereocenters. The summed E-state index contributed by atoms with van der Waals surface area (Å²) in [5.41, 5.74) is 1.23. The van der Waals surface area contributed by atoms with Crippen LogP contribution in [0.1, 0.15) is 19.4 Å². The van der Waals surface area contributed by atoms with Gasteiger partial charge < -0.3 is 15.0 Å². The first kappa shape index (κ1) is 13.9. The molecule has 96 valence electrons. The summed E-state index contributed by atoms with van der Waals surface area (Å²) < 4.78 is 5.40. The molecule has 17 heavy (non-hydrogen) atoms. The van der Waals surface area contributed by atoms with E-state index in [1.165, 1.54) is 5.56 Å². The third-order valence-corrected chi connectivity index (χ3v) is 2.63. The minimum Gasteiger partial charge on any atom is -0.380 e. The molecule has 1 rings (SSSR count). The van der Waals surface area contributed by atoms with Gasteiger partial charge in [0, 0.05) is 38.0 Å². The second-order valence-electron chi connectivity index (χ2n) is 3.79. The molecule has 0 bridgehead atoms. The molecule has 0 radical (unpaired) electrons. The fourth-order valence-electron chi connectivity index (χ4n) is 1.78. The highest BCUT2D eigenvalue weighted by Crippen LogP contribution is 2.16. The molecular formula is C13H23N3O. The van der Waals surface area contributed by atoms with Crippen molar-refractivity contribution in [1.82, 2.24) is 10.3 Å². The van der Waals surface area contributed by atoms with E-state index in [4.69, 9.17) is 4.74 Å². The van der Waals surface area contributed by atoms with Crippen molar-refractivity contribution in [3.8, 4) is 0 Å². The Morgan fingerprint density at radius 1 is 1.41 bits per heavy atom. The Labute approximate surface area is 104 Å². The monoisotopic (exact) mass is 237 g/mol. The third-order valence-electron chi connectivity index (χ3n) is 2.63. The summed E-state index contributed by atoms with van der Waals surface area (Å²) in [5, 5.41) is 3.17. The molecule has 0 saturated carbocycles. The van der Waals surface area contributed by atoms with Gasteiger partial charge in [0.1, 0.15) is 5.82 Å². The van der Waals surface area contributed by atoms with Gasteiger partial charge in [-0.2, -0.15) is 0 Å². The number of likely N-dealkylation sites (N-methyl/N-ethyl adjacent to an activating group) is 1. The lowest BCUT2D eigenvalue weighted by Gasteiger charge is -2.24.